The molecule has 2 unspecified atom stereocenters. The van der Waals surface area contributed by atoms with Crippen molar-refractivity contribution in [3.63, 3.8) is 0 Å². The molecule has 33 heavy (non-hydrogen) atoms. The predicted molar refractivity (Wildman–Crippen MR) is 126 cm³/mol. The number of amides is 2. The van der Waals surface area contributed by atoms with Crippen LogP contribution in [0.2, 0.25) is 5.02 Å². The van der Waals surface area contributed by atoms with Gasteiger partial charge in [0, 0.05) is 29.7 Å². The van der Waals surface area contributed by atoms with Crippen molar-refractivity contribution < 1.29 is 14.0 Å². The summed E-state index contributed by atoms with van der Waals surface area (Å²) in [6.45, 7) is 0.266. The van der Waals surface area contributed by atoms with Crippen LogP contribution in [-0.2, 0) is 16.1 Å². The number of hydrogen-bond donors (Lipinski definition) is 3. The summed E-state index contributed by atoms with van der Waals surface area (Å²) in [5, 5.41) is 5.52. The smallest absolute Gasteiger partial charge is 0.242 e. The maximum Gasteiger partial charge on any atom is 0.242 e. The number of hydrogen-bond acceptors (Lipinski definition) is 6. The molecule has 0 bridgehead atoms. The molecule has 2 amide bonds. The Morgan fingerprint density at radius 2 is 2.03 bits per heavy atom. The maximum atomic E-state index is 13.4. The summed E-state index contributed by atoms with van der Waals surface area (Å²) in [6, 6.07) is 12.6. The molecule has 2 atom stereocenters. The van der Waals surface area contributed by atoms with Crippen molar-refractivity contribution in [2.75, 3.05) is 12.4 Å². The molecule has 172 valence electrons. The standard InChI is InChI=1S/C22H22ClFN6O2S/c1-29-20(22(32)27-14-7-8-18(24)17(23)9-14)10-19(28-33-29)21(31)25-11-15-12-30(13-26-15)16-5-3-2-4-6-16/h2-9,12-13,19-20,28H,10-11H2,1H3,(H,25,31)(H,27,32). The number of rotatable bonds is 6. The van der Waals surface area contributed by atoms with E-state index in [1.54, 1.807) is 17.7 Å². The Morgan fingerprint density at radius 3 is 2.79 bits per heavy atom. The van der Waals surface area contributed by atoms with Gasteiger partial charge in [-0.05, 0) is 43.8 Å². The van der Waals surface area contributed by atoms with Crippen molar-refractivity contribution in [2.24, 2.45) is 0 Å². The van der Waals surface area contributed by atoms with E-state index in [9.17, 15) is 14.0 Å². The van der Waals surface area contributed by atoms with Gasteiger partial charge in [0.25, 0.3) is 0 Å². The van der Waals surface area contributed by atoms with Gasteiger partial charge in [-0.3, -0.25) is 9.59 Å². The Morgan fingerprint density at radius 1 is 1.24 bits per heavy atom. The molecule has 0 aliphatic carbocycles. The zero-order valence-electron chi connectivity index (χ0n) is 17.7. The van der Waals surface area contributed by atoms with Gasteiger partial charge in [-0.25, -0.2) is 18.4 Å². The van der Waals surface area contributed by atoms with Gasteiger partial charge in [0.1, 0.15) is 11.9 Å². The monoisotopic (exact) mass is 488 g/mol. The number of nitrogens with zero attached hydrogens (tertiary/aromatic N) is 3. The van der Waals surface area contributed by atoms with Gasteiger partial charge in [0.2, 0.25) is 11.8 Å². The molecule has 11 heteroatoms. The van der Waals surface area contributed by atoms with Gasteiger partial charge >= 0.3 is 0 Å². The van der Waals surface area contributed by atoms with E-state index in [1.807, 2.05) is 41.1 Å². The van der Waals surface area contributed by atoms with Crippen LogP contribution in [0.25, 0.3) is 5.69 Å². The van der Waals surface area contributed by atoms with Gasteiger partial charge in [0.05, 0.1) is 29.6 Å². The van der Waals surface area contributed by atoms with Gasteiger partial charge in [-0.1, -0.05) is 29.8 Å². The van der Waals surface area contributed by atoms with Crippen LogP contribution in [-0.4, -0.2) is 44.8 Å². The molecule has 1 fully saturated rings. The third-order valence-corrected chi connectivity index (χ3v) is 6.40. The molecule has 3 aromatic rings. The molecule has 1 aromatic heterocycles. The van der Waals surface area contributed by atoms with E-state index in [1.165, 1.54) is 30.3 Å². The Kier molecular flexibility index (Phi) is 7.29. The van der Waals surface area contributed by atoms with Gasteiger partial charge in [-0.2, -0.15) is 0 Å². The molecule has 1 saturated heterocycles. The second-order valence-electron chi connectivity index (χ2n) is 7.50. The largest absolute Gasteiger partial charge is 0.349 e. The quantitative estimate of drug-likeness (QED) is 0.462. The summed E-state index contributed by atoms with van der Waals surface area (Å²) < 4.78 is 20.0. The van der Waals surface area contributed by atoms with Crippen molar-refractivity contribution in [1.29, 1.82) is 0 Å². The fourth-order valence-corrected chi connectivity index (χ4v) is 4.35. The van der Waals surface area contributed by atoms with Crippen LogP contribution >= 0.6 is 23.7 Å². The number of carbonyl (C=O) groups excluding carboxylic acids is 2. The average Bonchev–Trinajstić information content (AvgIpc) is 3.30. The van der Waals surface area contributed by atoms with E-state index >= 15 is 0 Å². The average molecular weight is 489 g/mol. The predicted octanol–water partition coefficient (Wildman–Crippen LogP) is 3.15. The number of benzene rings is 2. The van der Waals surface area contributed by atoms with Gasteiger partial charge in [0.15, 0.2) is 0 Å². The molecule has 0 saturated carbocycles. The van der Waals surface area contributed by atoms with Crippen molar-refractivity contribution in [3.8, 4) is 5.69 Å². The molecule has 4 rings (SSSR count). The molecule has 8 nitrogen and oxygen atoms in total. The number of anilines is 1. The second-order valence-corrected chi connectivity index (χ2v) is 8.90. The lowest BCUT2D eigenvalue weighted by Crippen LogP contribution is -2.54. The lowest BCUT2D eigenvalue weighted by atomic mass is 10.1. The Balaban J connectivity index is 1.33. The third kappa shape index (κ3) is 5.72. The minimum Gasteiger partial charge on any atom is -0.349 e. The summed E-state index contributed by atoms with van der Waals surface area (Å²) in [7, 11) is 1.75. The van der Waals surface area contributed by atoms with E-state index in [-0.39, 0.29) is 29.8 Å². The first-order chi connectivity index (χ1) is 15.9. The second kappa shape index (κ2) is 10.3. The highest BCUT2D eigenvalue weighted by molar-refractivity contribution is 7.95. The highest BCUT2D eigenvalue weighted by Gasteiger charge is 2.35. The Bertz CT molecular complexity index is 1140. The topological polar surface area (TPSA) is 91.3 Å². The lowest BCUT2D eigenvalue weighted by molar-refractivity contribution is -0.124. The highest BCUT2D eigenvalue weighted by Crippen LogP contribution is 2.24. The highest BCUT2D eigenvalue weighted by atomic mass is 35.5. The van der Waals surface area contributed by atoms with Crippen molar-refractivity contribution >= 4 is 41.2 Å². The van der Waals surface area contributed by atoms with Crippen LogP contribution in [0, 0.1) is 5.82 Å². The molecule has 2 aromatic carbocycles. The zero-order valence-corrected chi connectivity index (χ0v) is 19.2. The molecule has 1 aliphatic rings. The maximum absolute atomic E-state index is 13.4. The number of likely N-dealkylation sites (N-methyl/N-ethyl adjacent to an activating group) is 1. The molecule has 2 heterocycles. The summed E-state index contributed by atoms with van der Waals surface area (Å²) >= 11 is 6.97. The summed E-state index contributed by atoms with van der Waals surface area (Å²) in [4.78, 5) is 29.9. The number of nitrogens with one attached hydrogen (secondary N) is 3. The number of para-hydroxylation sites is 1. The Hall–Kier alpha value is -2.92. The summed E-state index contributed by atoms with van der Waals surface area (Å²) in [5.41, 5.74) is 2.08. The first-order valence-corrected chi connectivity index (χ1v) is 11.3. The number of aromatic nitrogens is 2. The van der Waals surface area contributed by atoms with Crippen LogP contribution in [0.3, 0.4) is 0 Å². The van der Waals surface area contributed by atoms with E-state index in [0.717, 1.165) is 11.4 Å². The SMILES string of the molecule is CN1SNC(C(=O)NCc2cn(-c3ccccc3)cn2)CC1C(=O)Nc1ccc(F)c(Cl)c1. The lowest BCUT2D eigenvalue weighted by Gasteiger charge is -2.34. The fourth-order valence-electron chi connectivity index (χ4n) is 3.36. The fraction of sp³-hybridized carbons (Fsp3) is 0.227. The van der Waals surface area contributed by atoms with Crippen LogP contribution in [0.1, 0.15) is 12.1 Å². The van der Waals surface area contributed by atoms with E-state index < -0.39 is 17.9 Å². The van der Waals surface area contributed by atoms with E-state index in [4.69, 9.17) is 11.6 Å². The molecule has 0 radical (unpaired) electrons. The van der Waals surface area contributed by atoms with E-state index in [0.29, 0.717) is 5.69 Å². The first kappa shape index (κ1) is 23.2. The normalized spacial score (nSPS) is 18.6. The number of halogens is 2. The molecule has 0 spiro atoms. The molecular weight excluding hydrogens is 467 g/mol. The van der Waals surface area contributed by atoms with Crippen LogP contribution < -0.4 is 15.4 Å². The molecule has 1 aliphatic heterocycles. The van der Waals surface area contributed by atoms with Gasteiger partial charge in [-0.15, -0.1) is 0 Å². The van der Waals surface area contributed by atoms with Crippen molar-refractivity contribution in [2.45, 2.75) is 25.0 Å². The van der Waals surface area contributed by atoms with Crippen LogP contribution in [0.4, 0.5) is 10.1 Å². The third-order valence-electron chi connectivity index (χ3n) is 5.18. The minimum atomic E-state index is -0.576. The molecular formula is C22H22ClFN6O2S. The van der Waals surface area contributed by atoms with Crippen molar-refractivity contribution in [3.05, 3.63) is 77.6 Å². The van der Waals surface area contributed by atoms with E-state index in [2.05, 4.69) is 20.3 Å². The number of carbonyl (C=O) groups is 2. The van der Waals surface area contributed by atoms with Crippen molar-refractivity contribution in [1.82, 2.24) is 23.9 Å². The molecule has 3 N–H and O–H groups in total. The minimum absolute atomic E-state index is 0.0761. The van der Waals surface area contributed by atoms with Gasteiger partial charge < -0.3 is 15.2 Å². The number of imidazole rings is 1. The van der Waals surface area contributed by atoms with Crippen LogP contribution in [0.5, 0.6) is 0 Å². The Labute approximate surface area is 199 Å². The summed E-state index contributed by atoms with van der Waals surface area (Å²) in [5.74, 6) is -1.10. The summed E-state index contributed by atoms with van der Waals surface area (Å²) in [6.07, 6.45) is 3.81. The first-order valence-electron chi connectivity index (χ1n) is 10.2. The zero-order chi connectivity index (χ0) is 23.4. The van der Waals surface area contributed by atoms with Crippen LogP contribution in [0.15, 0.2) is 61.1 Å².